The lowest BCUT2D eigenvalue weighted by Crippen LogP contribution is -2.38. The molecule has 21 heavy (non-hydrogen) atoms. The molecule has 5 nitrogen and oxygen atoms in total. The van der Waals surface area contributed by atoms with E-state index in [4.69, 9.17) is 0 Å². The van der Waals surface area contributed by atoms with Gasteiger partial charge in [0.05, 0.1) is 12.9 Å². The Balaban J connectivity index is 0.00000220. The Kier molecular flexibility index (Phi) is 8.36. The first-order valence-corrected chi connectivity index (χ1v) is 7.63. The number of nitrogens with one attached hydrogen (secondary N) is 2. The van der Waals surface area contributed by atoms with Gasteiger partial charge in [-0.25, -0.2) is 9.98 Å². The lowest BCUT2D eigenvalue weighted by molar-refractivity contribution is 0.662. The normalized spacial score (nSPS) is 11.0. The van der Waals surface area contributed by atoms with Gasteiger partial charge in [-0.15, -0.1) is 35.3 Å². The molecule has 2 aromatic rings. The van der Waals surface area contributed by atoms with Crippen LogP contribution in [0.5, 0.6) is 0 Å². The van der Waals surface area contributed by atoms with Gasteiger partial charge in [0, 0.05) is 41.8 Å². The van der Waals surface area contributed by atoms with Gasteiger partial charge >= 0.3 is 0 Å². The number of thiophene rings is 1. The summed E-state index contributed by atoms with van der Waals surface area (Å²) < 4.78 is 2.04. The van der Waals surface area contributed by atoms with Crippen LogP contribution in [0, 0.1) is 6.92 Å². The molecule has 0 saturated heterocycles. The van der Waals surface area contributed by atoms with Crippen LogP contribution >= 0.6 is 35.3 Å². The van der Waals surface area contributed by atoms with E-state index in [1.54, 1.807) is 17.5 Å². The van der Waals surface area contributed by atoms with Gasteiger partial charge in [-0.2, -0.15) is 0 Å². The van der Waals surface area contributed by atoms with Crippen molar-refractivity contribution in [3.8, 4) is 0 Å². The second-order valence-electron chi connectivity index (χ2n) is 4.43. The monoisotopic (exact) mass is 419 g/mol. The van der Waals surface area contributed by atoms with Crippen molar-refractivity contribution < 1.29 is 0 Å². The number of imidazole rings is 1. The van der Waals surface area contributed by atoms with Gasteiger partial charge in [0.15, 0.2) is 5.96 Å². The third-order valence-corrected chi connectivity index (χ3v) is 3.74. The maximum atomic E-state index is 4.60. The number of aryl methyl sites for hydroxylation is 1. The Morgan fingerprint density at radius 1 is 1.38 bits per heavy atom. The van der Waals surface area contributed by atoms with Crippen LogP contribution < -0.4 is 10.6 Å². The van der Waals surface area contributed by atoms with Crippen molar-refractivity contribution in [1.29, 1.82) is 0 Å². The number of aromatic nitrogens is 2. The molecule has 7 heteroatoms. The molecule has 0 aliphatic carbocycles. The minimum Gasteiger partial charge on any atom is -0.357 e. The van der Waals surface area contributed by atoms with Gasteiger partial charge < -0.3 is 15.2 Å². The predicted molar refractivity (Wildman–Crippen MR) is 99.5 cm³/mol. The van der Waals surface area contributed by atoms with Gasteiger partial charge in [-0.1, -0.05) is 0 Å². The molecule has 0 aliphatic heterocycles. The van der Waals surface area contributed by atoms with E-state index in [0.717, 1.165) is 32.1 Å². The van der Waals surface area contributed by atoms with Crippen LogP contribution in [-0.2, 0) is 13.1 Å². The minimum absolute atomic E-state index is 0. The summed E-state index contributed by atoms with van der Waals surface area (Å²) in [6.45, 7) is 7.47. The van der Waals surface area contributed by atoms with Crippen molar-refractivity contribution in [2.24, 2.45) is 4.99 Å². The fourth-order valence-electron chi connectivity index (χ4n) is 1.79. The first-order valence-electron chi connectivity index (χ1n) is 6.81. The third kappa shape index (κ3) is 6.47. The van der Waals surface area contributed by atoms with E-state index in [9.17, 15) is 0 Å². The SMILES string of the molecule is CCNC(=NCc1ccc(C)s1)NCCn1ccnc1.I. The highest BCUT2D eigenvalue weighted by molar-refractivity contribution is 14.0. The van der Waals surface area contributed by atoms with Crippen LogP contribution in [0.3, 0.4) is 0 Å². The summed E-state index contributed by atoms with van der Waals surface area (Å²) in [7, 11) is 0. The Bertz CT molecular complexity index is 535. The fourth-order valence-corrected chi connectivity index (χ4v) is 2.61. The van der Waals surface area contributed by atoms with Crippen molar-refractivity contribution in [2.45, 2.75) is 26.9 Å². The van der Waals surface area contributed by atoms with Crippen LogP contribution in [0.4, 0.5) is 0 Å². The van der Waals surface area contributed by atoms with Crippen LogP contribution in [0.15, 0.2) is 35.8 Å². The largest absolute Gasteiger partial charge is 0.357 e. The van der Waals surface area contributed by atoms with Crippen molar-refractivity contribution in [1.82, 2.24) is 20.2 Å². The molecule has 0 spiro atoms. The van der Waals surface area contributed by atoms with Crippen molar-refractivity contribution in [3.05, 3.63) is 40.6 Å². The molecule has 0 saturated carbocycles. The highest BCUT2D eigenvalue weighted by atomic mass is 127. The number of hydrogen-bond donors (Lipinski definition) is 2. The lowest BCUT2D eigenvalue weighted by atomic mass is 10.4. The van der Waals surface area contributed by atoms with Crippen LogP contribution in [0.2, 0.25) is 0 Å². The Hall–Kier alpha value is -1.09. The Morgan fingerprint density at radius 3 is 2.86 bits per heavy atom. The number of halogens is 1. The van der Waals surface area contributed by atoms with E-state index in [0.29, 0.717) is 0 Å². The molecular weight excluding hydrogens is 397 g/mol. The maximum absolute atomic E-state index is 4.60. The third-order valence-electron chi connectivity index (χ3n) is 2.75. The summed E-state index contributed by atoms with van der Waals surface area (Å²) in [4.78, 5) is 11.2. The first kappa shape index (κ1) is 18.0. The number of aliphatic imine (C=N–C) groups is 1. The second kappa shape index (κ2) is 9.78. The van der Waals surface area contributed by atoms with Crippen molar-refractivity contribution in [2.75, 3.05) is 13.1 Å². The van der Waals surface area contributed by atoms with E-state index in [2.05, 4.69) is 46.6 Å². The molecule has 2 heterocycles. The van der Waals surface area contributed by atoms with Gasteiger partial charge in [-0.05, 0) is 26.0 Å². The van der Waals surface area contributed by atoms with Gasteiger partial charge in [0.1, 0.15) is 0 Å². The average molecular weight is 419 g/mol. The first-order chi connectivity index (χ1) is 9.78. The topological polar surface area (TPSA) is 54.2 Å². The lowest BCUT2D eigenvalue weighted by Gasteiger charge is -2.11. The highest BCUT2D eigenvalue weighted by Gasteiger charge is 1.99. The minimum atomic E-state index is 0. The molecule has 0 unspecified atom stereocenters. The quantitative estimate of drug-likeness (QED) is 0.430. The maximum Gasteiger partial charge on any atom is 0.191 e. The molecule has 2 aromatic heterocycles. The molecule has 0 fully saturated rings. The van der Waals surface area contributed by atoms with Crippen LogP contribution in [0.25, 0.3) is 0 Å². The number of nitrogens with zero attached hydrogens (tertiary/aromatic N) is 3. The molecule has 0 bridgehead atoms. The number of guanidine groups is 1. The average Bonchev–Trinajstić information content (AvgIpc) is 3.07. The van der Waals surface area contributed by atoms with Crippen LogP contribution in [0.1, 0.15) is 16.7 Å². The summed E-state index contributed by atoms with van der Waals surface area (Å²) in [5, 5.41) is 6.59. The molecular formula is C14H22IN5S. The fraction of sp³-hybridized carbons (Fsp3) is 0.429. The summed E-state index contributed by atoms with van der Waals surface area (Å²) in [5.74, 6) is 0.860. The molecule has 116 valence electrons. The molecule has 0 aliphatic rings. The standard InChI is InChI=1S/C14H21N5S.HI/c1-3-16-14(17-7-9-19-8-6-15-11-19)18-10-13-5-4-12(2)20-13;/h4-6,8,11H,3,7,9-10H2,1-2H3,(H2,16,17,18);1H. The van der Waals surface area contributed by atoms with E-state index in [-0.39, 0.29) is 24.0 Å². The zero-order valence-electron chi connectivity index (χ0n) is 12.4. The van der Waals surface area contributed by atoms with Gasteiger partial charge in [0.25, 0.3) is 0 Å². The molecule has 2 N–H and O–H groups in total. The number of rotatable bonds is 6. The number of hydrogen-bond acceptors (Lipinski definition) is 3. The van der Waals surface area contributed by atoms with Gasteiger partial charge in [0.2, 0.25) is 0 Å². The molecule has 0 atom stereocenters. The van der Waals surface area contributed by atoms with Crippen LogP contribution in [-0.4, -0.2) is 28.6 Å². The second-order valence-corrected chi connectivity index (χ2v) is 5.81. The van der Waals surface area contributed by atoms with E-state index < -0.39 is 0 Å². The Labute approximate surface area is 146 Å². The Morgan fingerprint density at radius 2 is 2.24 bits per heavy atom. The summed E-state index contributed by atoms with van der Waals surface area (Å²) in [5.41, 5.74) is 0. The van der Waals surface area contributed by atoms with E-state index in [1.165, 1.54) is 9.75 Å². The zero-order valence-corrected chi connectivity index (χ0v) is 15.5. The molecule has 0 amide bonds. The summed E-state index contributed by atoms with van der Waals surface area (Å²) >= 11 is 1.79. The summed E-state index contributed by atoms with van der Waals surface area (Å²) in [6, 6.07) is 4.27. The van der Waals surface area contributed by atoms with Crippen molar-refractivity contribution >= 4 is 41.3 Å². The molecule has 0 radical (unpaired) electrons. The summed E-state index contributed by atoms with van der Waals surface area (Å²) in [6.07, 6.45) is 5.57. The van der Waals surface area contributed by atoms with E-state index >= 15 is 0 Å². The zero-order chi connectivity index (χ0) is 14.2. The predicted octanol–water partition coefficient (Wildman–Crippen LogP) is 2.63. The molecule has 2 rings (SSSR count). The highest BCUT2D eigenvalue weighted by Crippen LogP contribution is 2.15. The van der Waals surface area contributed by atoms with Gasteiger partial charge in [-0.3, -0.25) is 0 Å². The smallest absolute Gasteiger partial charge is 0.191 e. The van der Waals surface area contributed by atoms with Crippen molar-refractivity contribution in [3.63, 3.8) is 0 Å². The van der Waals surface area contributed by atoms with E-state index in [1.807, 2.05) is 17.1 Å². The molecule has 0 aromatic carbocycles.